The number of aromatic nitrogens is 2. The average Bonchev–Trinajstić information content (AvgIpc) is 3.31. The Morgan fingerprint density at radius 3 is 2.63 bits per heavy atom. The molecule has 1 amide bonds. The highest BCUT2D eigenvalue weighted by molar-refractivity contribution is 7.09. The van der Waals surface area contributed by atoms with Gasteiger partial charge >= 0.3 is 0 Å². The number of nitrogens with zero attached hydrogens (tertiary/aromatic N) is 4. The quantitative estimate of drug-likeness (QED) is 0.677. The number of hydrogen-bond donors (Lipinski definition) is 0. The van der Waals surface area contributed by atoms with Crippen molar-refractivity contribution in [2.75, 3.05) is 26.2 Å². The zero-order valence-corrected chi connectivity index (χ0v) is 16.8. The number of carbonyl (C=O) groups excluding carboxylic acids is 1. The number of thiazole rings is 1. The molecule has 1 saturated heterocycles. The van der Waals surface area contributed by atoms with Crippen LogP contribution < -0.4 is 0 Å². The van der Waals surface area contributed by atoms with Gasteiger partial charge in [0.2, 0.25) is 0 Å². The minimum absolute atomic E-state index is 0.148. The van der Waals surface area contributed by atoms with E-state index in [9.17, 15) is 4.79 Å². The first kappa shape index (κ1) is 18.2. The molecule has 2 aromatic heterocycles. The zero-order valence-electron chi connectivity index (χ0n) is 16.0. The van der Waals surface area contributed by atoms with Gasteiger partial charge in [-0.3, -0.25) is 9.69 Å². The predicted octanol–water partition coefficient (Wildman–Crippen LogP) is 3.64. The Bertz CT molecular complexity index is 937. The van der Waals surface area contributed by atoms with E-state index in [1.165, 1.54) is 5.01 Å². The Morgan fingerprint density at radius 2 is 1.93 bits per heavy atom. The van der Waals surface area contributed by atoms with Crippen LogP contribution in [0.4, 0.5) is 0 Å². The molecule has 0 radical (unpaired) electrons. The summed E-state index contributed by atoms with van der Waals surface area (Å²) in [5, 5.41) is 4.50. The predicted molar refractivity (Wildman–Crippen MR) is 110 cm³/mol. The fourth-order valence-corrected chi connectivity index (χ4v) is 4.55. The highest BCUT2D eigenvalue weighted by atomic mass is 32.1. The largest absolute Gasteiger partial charge is 0.337 e. The molecule has 1 aliphatic rings. The molecule has 0 aliphatic carbocycles. The molecule has 6 heteroatoms. The number of rotatable bonds is 5. The summed E-state index contributed by atoms with van der Waals surface area (Å²) in [5.41, 5.74) is 3.10. The first-order valence-corrected chi connectivity index (χ1v) is 10.6. The standard InChI is InChI=1S/C21H26N4OS/c1-3-20-22-17(15-27-20)14-23-9-11-24(12-10-23)21(26)19-13-16-7-5-6-8-18(16)25(19)4-2/h5-8,13,15H,3-4,9-12,14H2,1-2H3. The first-order valence-electron chi connectivity index (χ1n) is 9.72. The summed E-state index contributed by atoms with van der Waals surface area (Å²) in [5.74, 6) is 0.148. The molecule has 0 saturated carbocycles. The summed E-state index contributed by atoms with van der Waals surface area (Å²) >= 11 is 1.74. The maximum absolute atomic E-state index is 13.1. The second-order valence-electron chi connectivity index (χ2n) is 6.99. The average molecular weight is 383 g/mol. The Labute approximate surface area is 164 Å². The molecular weight excluding hydrogens is 356 g/mol. The maximum Gasteiger partial charge on any atom is 0.270 e. The van der Waals surface area contributed by atoms with Gasteiger partial charge in [-0.15, -0.1) is 11.3 Å². The molecule has 0 spiro atoms. The molecule has 142 valence electrons. The number of para-hydroxylation sites is 1. The van der Waals surface area contributed by atoms with Crippen molar-refractivity contribution in [1.29, 1.82) is 0 Å². The van der Waals surface area contributed by atoms with Gasteiger partial charge in [0.15, 0.2) is 0 Å². The van der Waals surface area contributed by atoms with Crippen molar-refractivity contribution in [2.24, 2.45) is 0 Å². The Kier molecular flexibility index (Phi) is 5.27. The second kappa shape index (κ2) is 7.82. The Morgan fingerprint density at radius 1 is 1.15 bits per heavy atom. The summed E-state index contributed by atoms with van der Waals surface area (Å²) in [6.07, 6.45) is 0.998. The molecule has 5 nitrogen and oxygen atoms in total. The lowest BCUT2D eigenvalue weighted by Gasteiger charge is -2.34. The summed E-state index contributed by atoms with van der Waals surface area (Å²) in [6.45, 7) is 9.27. The number of piperazine rings is 1. The number of hydrogen-bond acceptors (Lipinski definition) is 4. The molecule has 1 aliphatic heterocycles. The molecule has 27 heavy (non-hydrogen) atoms. The van der Waals surface area contributed by atoms with Gasteiger partial charge in [-0.2, -0.15) is 0 Å². The van der Waals surface area contributed by atoms with Gasteiger partial charge in [-0.05, 0) is 25.5 Å². The molecule has 3 aromatic rings. The normalized spacial score (nSPS) is 15.6. The molecule has 0 atom stereocenters. The number of fused-ring (bicyclic) bond motifs is 1. The van der Waals surface area contributed by atoms with Crippen LogP contribution in [-0.4, -0.2) is 51.4 Å². The van der Waals surface area contributed by atoms with Crippen LogP contribution in [0.5, 0.6) is 0 Å². The van der Waals surface area contributed by atoms with Gasteiger partial charge < -0.3 is 9.47 Å². The number of benzene rings is 1. The van der Waals surface area contributed by atoms with Crippen molar-refractivity contribution < 1.29 is 4.79 Å². The molecule has 0 unspecified atom stereocenters. The minimum atomic E-state index is 0.148. The third-order valence-electron chi connectivity index (χ3n) is 5.29. The fraction of sp³-hybridized carbons (Fsp3) is 0.429. The Balaban J connectivity index is 1.43. The van der Waals surface area contributed by atoms with E-state index < -0.39 is 0 Å². The summed E-state index contributed by atoms with van der Waals surface area (Å²) in [6, 6.07) is 10.3. The SMILES string of the molecule is CCc1nc(CN2CCN(C(=O)c3cc4ccccc4n3CC)CC2)cs1. The monoisotopic (exact) mass is 382 g/mol. The number of aryl methyl sites for hydroxylation is 2. The van der Waals surface area contributed by atoms with Gasteiger partial charge in [-0.1, -0.05) is 25.1 Å². The van der Waals surface area contributed by atoms with Crippen molar-refractivity contribution in [2.45, 2.75) is 33.4 Å². The lowest BCUT2D eigenvalue weighted by molar-refractivity contribution is 0.0617. The van der Waals surface area contributed by atoms with Crippen LogP contribution in [0.2, 0.25) is 0 Å². The molecule has 3 heterocycles. The van der Waals surface area contributed by atoms with Crippen LogP contribution in [0.1, 0.15) is 35.0 Å². The maximum atomic E-state index is 13.1. The van der Waals surface area contributed by atoms with Gasteiger partial charge in [0.25, 0.3) is 5.91 Å². The Hall–Kier alpha value is -2.18. The van der Waals surface area contributed by atoms with E-state index in [2.05, 4.69) is 45.8 Å². The fourth-order valence-electron chi connectivity index (χ4n) is 3.81. The van der Waals surface area contributed by atoms with Crippen LogP contribution in [0.25, 0.3) is 10.9 Å². The van der Waals surface area contributed by atoms with E-state index in [4.69, 9.17) is 0 Å². The summed E-state index contributed by atoms with van der Waals surface area (Å²) in [7, 11) is 0. The molecule has 0 bridgehead atoms. The van der Waals surface area contributed by atoms with Gasteiger partial charge in [0, 0.05) is 55.6 Å². The molecule has 4 rings (SSSR count). The van der Waals surface area contributed by atoms with Gasteiger partial charge in [0.05, 0.1) is 10.7 Å². The lowest BCUT2D eigenvalue weighted by Crippen LogP contribution is -2.48. The zero-order chi connectivity index (χ0) is 18.8. The highest BCUT2D eigenvalue weighted by Gasteiger charge is 2.25. The van der Waals surface area contributed by atoms with Crippen LogP contribution in [0.3, 0.4) is 0 Å². The number of amides is 1. The number of carbonyl (C=O) groups is 1. The van der Waals surface area contributed by atoms with Crippen molar-refractivity contribution in [3.05, 3.63) is 52.1 Å². The van der Waals surface area contributed by atoms with Crippen molar-refractivity contribution >= 4 is 28.1 Å². The van der Waals surface area contributed by atoms with E-state index >= 15 is 0 Å². The summed E-state index contributed by atoms with van der Waals surface area (Å²) in [4.78, 5) is 22.2. The third-order valence-corrected chi connectivity index (χ3v) is 6.33. The van der Waals surface area contributed by atoms with E-state index in [0.29, 0.717) is 0 Å². The van der Waals surface area contributed by atoms with E-state index in [0.717, 1.165) is 68.0 Å². The van der Waals surface area contributed by atoms with Crippen LogP contribution in [0.15, 0.2) is 35.7 Å². The molecule has 1 fully saturated rings. The lowest BCUT2D eigenvalue weighted by atomic mass is 10.2. The van der Waals surface area contributed by atoms with Crippen LogP contribution in [-0.2, 0) is 19.5 Å². The first-order chi connectivity index (χ1) is 13.2. The van der Waals surface area contributed by atoms with Gasteiger partial charge in [-0.25, -0.2) is 4.98 Å². The summed E-state index contributed by atoms with van der Waals surface area (Å²) < 4.78 is 2.13. The third kappa shape index (κ3) is 3.64. The minimum Gasteiger partial charge on any atom is -0.337 e. The smallest absolute Gasteiger partial charge is 0.270 e. The second-order valence-corrected chi connectivity index (χ2v) is 7.93. The van der Waals surface area contributed by atoms with E-state index in [-0.39, 0.29) is 5.91 Å². The van der Waals surface area contributed by atoms with E-state index in [1.807, 2.05) is 23.1 Å². The van der Waals surface area contributed by atoms with Crippen molar-refractivity contribution in [3.8, 4) is 0 Å². The van der Waals surface area contributed by atoms with Crippen molar-refractivity contribution in [1.82, 2.24) is 19.4 Å². The van der Waals surface area contributed by atoms with Crippen LogP contribution in [0, 0.1) is 0 Å². The van der Waals surface area contributed by atoms with Crippen molar-refractivity contribution in [3.63, 3.8) is 0 Å². The van der Waals surface area contributed by atoms with Gasteiger partial charge in [0.1, 0.15) is 5.69 Å². The topological polar surface area (TPSA) is 41.4 Å². The molecule has 1 aromatic carbocycles. The molecular formula is C21H26N4OS. The molecule has 0 N–H and O–H groups in total. The van der Waals surface area contributed by atoms with Crippen LogP contribution >= 0.6 is 11.3 Å². The van der Waals surface area contributed by atoms with E-state index in [1.54, 1.807) is 11.3 Å². The highest BCUT2D eigenvalue weighted by Crippen LogP contribution is 2.22.